The van der Waals surface area contributed by atoms with Crippen LogP contribution in [0.1, 0.15) is 19.8 Å². The average Bonchev–Trinajstić information content (AvgIpc) is 2.17. The Bertz CT molecular complexity index is 344. The van der Waals surface area contributed by atoms with Crippen LogP contribution >= 0.6 is 11.6 Å². The van der Waals surface area contributed by atoms with E-state index in [1.165, 1.54) is 0 Å². The summed E-state index contributed by atoms with van der Waals surface area (Å²) in [5.41, 5.74) is -0.519. The van der Waals surface area contributed by atoms with Gasteiger partial charge in [0.25, 0.3) is 0 Å². The molecular weight excluding hydrogens is 212 g/mol. The summed E-state index contributed by atoms with van der Waals surface area (Å²) in [6.45, 7) is 3.55. The van der Waals surface area contributed by atoms with Crippen LogP contribution in [-0.4, -0.2) is 28.8 Å². The highest BCUT2D eigenvalue weighted by molar-refractivity contribution is 6.29. The summed E-state index contributed by atoms with van der Waals surface area (Å²) in [4.78, 5) is 6.41. The average molecular weight is 227 g/mol. The minimum absolute atomic E-state index is 0.518. The lowest BCUT2D eigenvalue weighted by molar-refractivity contribution is 0.0350. The Balaban J connectivity index is 2.08. The van der Waals surface area contributed by atoms with E-state index < -0.39 is 5.60 Å². The molecule has 2 heterocycles. The largest absolute Gasteiger partial charge is 0.390 e. The Hall–Kier alpha value is -0.800. The number of hydrogen-bond acceptors (Lipinski definition) is 3. The Kier molecular flexibility index (Phi) is 2.85. The van der Waals surface area contributed by atoms with Crippen LogP contribution in [-0.2, 0) is 0 Å². The Morgan fingerprint density at radius 3 is 2.67 bits per heavy atom. The normalized spacial score (nSPS) is 20.3. The van der Waals surface area contributed by atoms with Crippen molar-refractivity contribution in [1.29, 1.82) is 0 Å². The maximum Gasteiger partial charge on any atom is 0.131 e. The van der Waals surface area contributed by atoms with Gasteiger partial charge in [-0.25, -0.2) is 4.98 Å². The molecule has 2 rings (SSSR count). The molecule has 0 atom stereocenters. The molecule has 0 amide bonds. The topological polar surface area (TPSA) is 36.4 Å². The smallest absolute Gasteiger partial charge is 0.131 e. The van der Waals surface area contributed by atoms with Gasteiger partial charge in [0, 0.05) is 13.1 Å². The first kappa shape index (κ1) is 10.7. The molecule has 1 aliphatic rings. The fourth-order valence-corrected chi connectivity index (χ4v) is 1.95. The fourth-order valence-electron chi connectivity index (χ4n) is 1.79. The third-order valence-corrected chi connectivity index (χ3v) is 3.08. The van der Waals surface area contributed by atoms with Gasteiger partial charge >= 0.3 is 0 Å². The second-order valence-electron chi connectivity index (χ2n) is 4.30. The van der Waals surface area contributed by atoms with Gasteiger partial charge < -0.3 is 10.0 Å². The van der Waals surface area contributed by atoms with Crippen LogP contribution < -0.4 is 4.90 Å². The first-order valence-electron chi connectivity index (χ1n) is 5.17. The first-order valence-corrected chi connectivity index (χ1v) is 5.54. The number of rotatable bonds is 1. The molecule has 15 heavy (non-hydrogen) atoms. The van der Waals surface area contributed by atoms with Crippen molar-refractivity contribution in [2.75, 3.05) is 18.0 Å². The molecule has 0 unspecified atom stereocenters. The number of nitrogens with zero attached hydrogens (tertiary/aromatic N) is 2. The highest BCUT2D eigenvalue weighted by Crippen LogP contribution is 2.25. The lowest BCUT2D eigenvalue weighted by Gasteiger charge is -2.36. The maximum atomic E-state index is 9.82. The van der Waals surface area contributed by atoms with Gasteiger partial charge in [-0.2, -0.15) is 0 Å². The van der Waals surface area contributed by atoms with Gasteiger partial charge in [-0.15, -0.1) is 0 Å². The Labute approximate surface area is 94.7 Å². The summed E-state index contributed by atoms with van der Waals surface area (Å²) in [7, 11) is 0. The molecule has 1 aromatic rings. The Morgan fingerprint density at radius 1 is 1.40 bits per heavy atom. The van der Waals surface area contributed by atoms with Gasteiger partial charge in [-0.1, -0.05) is 17.7 Å². The lowest BCUT2D eigenvalue weighted by Crippen LogP contribution is -2.42. The van der Waals surface area contributed by atoms with Crippen molar-refractivity contribution in [1.82, 2.24) is 4.98 Å². The van der Waals surface area contributed by atoms with Crippen LogP contribution in [0.2, 0.25) is 5.15 Å². The number of halogens is 1. The summed E-state index contributed by atoms with van der Waals surface area (Å²) in [6, 6.07) is 5.62. The predicted molar refractivity (Wildman–Crippen MR) is 61.3 cm³/mol. The molecule has 0 saturated carbocycles. The van der Waals surface area contributed by atoms with Crippen molar-refractivity contribution in [3.63, 3.8) is 0 Å². The molecule has 3 nitrogen and oxygen atoms in total. The quantitative estimate of drug-likeness (QED) is 0.745. The van der Waals surface area contributed by atoms with E-state index in [0.717, 1.165) is 31.7 Å². The Morgan fingerprint density at radius 2 is 2.07 bits per heavy atom. The van der Waals surface area contributed by atoms with Crippen molar-refractivity contribution >= 4 is 17.4 Å². The molecule has 82 valence electrons. The third-order valence-electron chi connectivity index (χ3n) is 2.87. The number of pyridine rings is 1. The molecule has 0 radical (unpaired) electrons. The highest BCUT2D eigenvalue weighted by Gasteiger charge is 2.27. The van der Waals surface area contributed by atoms with Crippen LogP contribution in [0.15, 0.2) is 18.2 Å². The van der Waals surface area contributed by atoms with Crippen LogP contribution in [0.4, 0.5) is 5.82 Å². The van der Waals surface area contributed by atoms with Gasteiger partial charge in [0.15, 0.2) is 0 Å². The van der Waals surface area contributed by atoms with Gasteiger partial charge in [-0.05, 0) is 31.9 Å². The summed E-state index contributed by atoms with van der Waals surface area (Å²) < 4.78 is 0. The molecule has 0 aromatic carbocycles. The second kappa shape index (κ2) is 3.99. The van der Waals surface area contributed by atoms with Gasteiger partial charge in [-0.3, -0.25) is 0 Å². The van der Waals surface area contributed by atoms with Crippen LogP contribution in [0.5, 0.6) is 0 Å². The van der Waals surface area contributed by atoms with Crippen LogP contribution in [0.3, 0.4) is 0 Å². The molecule has 0 aliphatic carbocycles. The van der Waals surface area contributed by atoms with E-state index in [1.54, 1.807) is 6.07 Å². The zero-order valence-corrected chi connectivity index (χ0v) is 9.54. The van der Waals surface area contributed by atoms with Crippen LogP contribution in [0, 0.1) is 0 Å². The van der Waals surface area contributed by atoms with E-state index in [-0.39, 0.29) is 0 Å². The highest BCUT2D eigenvalue weighted by atomic mass is 35.5. The van der Waals surface area contributed by atoms with E-state index in [0.29, 0.717) is 5.15 Å². The van der Waals surface area contributed by atoms with E-state index in [9.17, 15) is 5.11 Å². The zero-order valence-electron chi connectivity index (χ0n) is 8.78. The summed E-state index contributed by atoms with van der Waals surface area (Å²) in [5, 5.41) is 10.3. The van der Waals surface area contributed by atoms with Crippen molar-refractivity contribution < 1.29 is 5.11 Å². The van der Waals surface area contributed by atoms with Crippen molar-refractivity contribution in [3.8, 4) is 0 Å². The number of hydrogen-bond donors (Lipinski definition) is 1. The molecule has 1 fully saturated rings. The van der Waals surface area contributed by atoms with E-state index >= 15 is 0 Å². The molecule has 1 saturated heterocycles. The number of aromatic nitrogens is 1. The minimum Gasteiger partial charge on any atom is -0.390 e. The first-order chi connectivity index (χ1) is 7.07. The van der Waals surface area contributed by atoms with Crippen molar-refractivity contribution in [3.05, 3.63) is 23.4 Å². The number of aliphatic hydroxyl groups is 1. The fraction of sp³-hybridized carbons (Fsp3) is 0.545. The summed E-state index contributed by atoms with van der Waals surface area (Å²) >= 11 is 5.83. The molecule has 1 N–H and O–H groups in total. The molecule has 1 aliphatic heterocycles. The lowest BCUT2D eigenvalue weighted by atomic mass is 9.94. The van der Waals surface area contributed by atoms with Gasteiger partial charge in [0.05, 0.1) is 5.60 Å². The second-order valence-corrected chi connectivity index (χ2v) is 4.69. The molecule has 0 spiro atoms. The van der Waals surface area contributed by atoms with E-state index in [4.69, 9.17) is 11.6 Å². The van der Waals surface area contributed by atoms with Crippen LogP contribution in [0.25, 0.3) is 0 Å². The zero-order chi connectivity index (χ0) is 10.9. The summed E-state index contributed by atoms with van der Waals surface area (Å²) in [6.07, 6.45) is 1.56. The van der Waals surface area contributed by atoms with E-state index in [1.807, 2.05) is 19.1 Å². The van der Waals surface area contributed by atoms with Crippen molar-refractivity contribution in [2.24, 2.45) is 0 Å². The maximum absolute atomic E-state index is 9.82. The minimum atomic E-state index is -0.519. The monoisotopic (exact) mass is 226 g/mol. The van der Waals surface area contributed by atoms with Gasteiger partial charge in [0.2, 0.25) is 0 Å². The number of anilines is 1. The SMILES string of the molecule is CC1(O)CCN(c2cccc(Cl)n2)CC1. The molecule has 0 bridgehead atoms. The van der Waals surface area contributed by atoms with Gasteiger partial charge in [0.1, 0.15) is 11.0 Å². The third kappa shape index (κ3) is 2.61. The molecule has 1 aromatic heterocycles. The number of piperidine rings is 1. The van der Waals surface area contributed by atoms with E-state index in [2.05, 4.69) is 9.88 Å². The van der Waals surface area contributed by atoms with Crippen molar-refractivity contribution in [2.45, 2.75) is 25.4 Å². The standard InChI is InChI=1S/C11H15ClN2O/c1-11(15)5-7-14(8-6-11)10-4-2-3-9(12)13-10/h2-4,15H,5-8H2,1H3. The molecular formula is C11H15ClN2O. The molecule has 4 heteroatoms. The predicted octanol–water partition coefficient (Wildman–Crippen LogP) is 2.09. The summed E-state index contributed by atoms with van der Waals surface area (Å²) in [5.74, 6) is 0.901.